The van der Waals surface area contributed by atoms with E-state index in [4.69, 9.17) is 16.3 Å². The Morgan fingerprint density at radius 2 is 2.05 bits per heavy atom. The minimum atomic E-state index is -0.290. The molecular formula is C16H15ClN2O2. The molecule has 0 radical (unpaired) electrons. The van der Waals surface area contributed by atoms with Gasteiger partial charge in [-0.3, -0.25) is 4.90 Å². The average molecular weight is 303 g/mol. The molecule has 5 heteroatoms. The Kier molecular flexibility index (Phi) is 3.97. The Hall–Kier alpha value is -2.20. The summed E-state index contributed by atoms with van der Waals surface area (Å²) >= 11 is 5.97. The number of ether oxygens (including phenoxy) is 1. The van der Waals surface area contributed by atoms with Crippen LogP contribution < -0.4 is 10.2 Å². The maximum Gasteiger partial charge on any atom is 0.414 e. The molecule has 0 unspecified atom stereocenters. The molecule has 0 atom stereocenters. The molecule has 21 heavy (non-hydrogen) atoms. The van der Waals surface area contributed by atoms with Crippen LogP contribution in [0.4, 0.5) is 16.2 Å². The van der Waals surface area contributed by atoms with Gasteiger partial charge in [0.25, 0.3) is 0 Å². The number of nitrogens with one attached hydrogen (secondary N) is 1. The molecular weight excluding hydrogens is 288 g/mol. The van der Waals surface area contributed by atoms with E-state index in [0.29, 0.717) is 19.7 Å². The standard InChI is InChI=1S/C16H15ClN2O2/c17-13-4-1-3-12(9-13)11-18-14-5-2-6-15(10-14)19-7-8-21-16(19)20/h1-6,9-10,18H,7-8,11H2. The van der Waals surface area contributed by atoms with Crippen molar-refractivity contribution in [1.82, 2.24) is 0 Å². The van der Waals surface area contributed by atoms with E-state index in [9.17, 15) is 4.79 Å². The summed E-state index contributed by atoms with van der Waals surface area (Å²) < 4.78 is 4.95. The van der Waals surface area contributed by atoms with Gasteiger partial charge in [0, 0.05) is 22.9 Å². The molecule has 1 N–H and O–H groups in total. The molecule has 1 aliphatic rings. The van der Waals surface area contributed by atoms with Crippen molar-refractivity contribution in [2.24, 2.45) is 0 Å². The summed E-state index contributed by atoms with van der Waals surface area (Å²) in [6.45, 7) is 1.71. The van der Waals surface area contributed by atoms with Gasteiger partial charge in [0.1, 0.15) is 6.61 Å². The number of rotatable bonds is 4. The zero-order valence-electron chi connectivity index (χ0n) is 11.4. The zero-order chi connectivity index (χ0) is 14.7. The Balaban J connectivity index is 1.70. The molecule has 3 rings (SSSR count). The average Bonchev–Trinajstić information content (AvgIpc) is 2.92. The minimum Gasteiger partial charge on any atom is -0.447 e. The van der Waals surface area contributed by atoms with Crippen LogP contribution >= 0.6 is 11.6 Å². The quantitative estimate of drug-likeness (QED) is 0.931. The van der Waals surface area contributed by atoms with Crippen LogP contribution in [0.2, 0.25) is 5.02 Å². The topological polar surface area (TPSA) is 41.6 Å². The van der Waals surface area contributed by atoms with E-state index >= 15 is 0 Å². The third-order valence-electron chi connectivity index (χ3n) is 3.30. The first kappa shape index (κ1) is 13.8. The van der Waals surface area contributed by atoms with Gasteiger partial charge in [-0.25, -0.2) is 4.79 Å². The number of hydrogen-bond acceptors (Lipinski definition) is 3. The van der Waals surface area contributed by atoms with Gasteiger partial charge < -0.3 is 10.1 Å². The second kappa shape index (κ2) is 6.06. The number of cyclic esters (lactones) is 1. The molecule has 1 saturated heterocycles. The second-order valence-corrected chi connectivity index (χ2v) is 5.24. The van der Waals surface area contributed by atoms with Gasteiger partial charge in [-0.15, -0.1) is 0 Å². The third kappa shape index (κ3) is 3.28. The van der Waals surface area contributed by atoms with E-state index < -0.39 is 0 Å². The number of benzene rings is 2. The molecule has 108 valence electrons. The van der Waals surface area contributed by atoms with Crippen molar-refractivity contribution in [2.75, 3.05) is 23.4 Å². The lowest BCUT2D eigenvalue weighted by Crippen LogP contribution is -2.23. The van der Waals surface area contributed by atoms with Crippen molar-refractivity contribution < 1.29 is 9.53 Å². The lowest BCUT2D eigenvalue weighted by molar-refractivity contribution is 0.181. The van der Waals surface area contributed by atoms with Gasteiger partial charge in [-0.1, -0.05) is 29.8 Å². The number of anilines is 2. The van der Waals surface area contributed by atoms with Gasteiger partial charge in [-0.2, -0.15) is 0 Å². The SMILES string of the molecule is O=C1OCCN1c1cccc(NCc2cccc(Cl)c2)c1. The Bertz CT molecular complexity index is 660. The van der Waals surface area contributed by atoms with Crippen molar-refractivity contribution in [3.8, 4) is 0 Å². The molecule has 0 spiro atoms. The molecule has 1 aliphatic heterocycles. The third-order valence-corrected chi connectivity index (χ3v) is 3.54. The largest absolute Gasteiger partial charge is 0.447 e. The Morgan fingerprint density at radius 1 is 1.19 bits per heavy atom. The van der Waals surface area contributed by atoms with E-state index in [0.717, 1.165) is 22.0 Å². The number of halogens is 1. The predicted octanol–water partition coefficient (Wildman–Crippen LogP) is 3.91. The molecule has 2 aromatic rings. The molecule has 0 aromatic heterocycles. The fourth-order valence-corrected chi connectivity index (χ4v) is 2.48. The lowest BCUT2D eigenvalue weighted by atomic mass is 10.2. The summed E-state index contributed by atoms with van der Waals surface area (Å²) in [5.74, 6) is 0. The summed E-state index contributed by atoms with van der Waals surface area (Å²) in [6.07, 6.45) is -0.290. The van der Waals surface area contributed by atoms with Crippen molar-refractivity contribution in [1.29, 1.82) is 0 Å². The van der Waals surface area contributed by atoms with Crippen molar-refractivity contribution in [2.45, 2.75) is 6.54 Å². The summed E-state index contributed by atoms with van der Waals surface area (Å²) in [7, 11) is 0. The van der Waals surface area contributed by atoms with Gasteiger partial charge in [0.05, 0.1) is 6.54 Å². The van der Waals surface area contributed by atoms with Crippen molar-refractivity contribution >= 4 is 29.1 Å². The monoisotopic (exact) mass is 302 g/mol. The normalized spacial score (nSPS) is 14.1. The fraction of sp³-hybridized carbons (Fsp3) is 0.188. The van der Waals surface area contributed by atoms with E-state index in [1.165, 1.54) is 0 Å². The Morgan fingerprint density at radius 3 is 2.81 bits per heavy atom. The summed E-state index contributed by atoms with van der Waals surface area (Å²) in [4.78, 5) is 13.2. The molecule has 0 aliphatic carbocycles. The molecule has 2 aromatic carbocycles. The van der Waals surface area contributed by atoms with E-state index in [1.54, 1.807) is 4.90 Å². The first-order valence-corrected chi connectivity index (χ1v) is 7.13. The number of carbonyl (C=O) groups excluding carboxylic acids is 1. The van der Waals surface area contributed by atoms with Crippen LogP contribution in [-0.2, 0) is 11.3 Å². The number of carbonyl (C=O) groups is 1. The highest BCUT2D eigenvalue weighted by Crippen LogP contribution is 2.23. The van der Waals surface area contributed by atoms with Gasteiger partial charge in [0.2, 0.25) is 0 Å². The molecule has 1 amide bonds. The summed E-state index contributed by atoms with van der Waals surface area (Å²) in [6, 6.07) is 15.4. The van der Waals surface area contributed by atoms with Crippen molar-refractivity contribution in [3.63, 3.8) is 0 Å². The van der Waals surface area contributed by atoms with Gasteiger partial charge >= 0.3 is 6.09 Å². The number of nitrogens with zero attached hydrogens (tertiary/aromatic N) is 1. The predicted molar refractivity (Wildman–Crippen MR) is 83.9 cm³/mol. The highest BCUT2D eigenvalue weighted by atomic mass is 35.5. The summed E-state index contributed by atoms with van der Waals surface area (Å²) in [5.41, 5.74) is 2.90. The summed E-state index contributed by atoms with van der Waals surface area (Å²) in [5, 5.41) is 4.05. The highest BCUT2D eigenvalue weighted by molar-refractivity contribution is 6.30. The van der Waals surface area contributed by atoms with E-state index in [1.807, 2.05) is 48.5 Å². The van der Waals surface area contributed by atoms with Crippen LogP contribution in [0.15, 0.2) is 48.5 Å². The first-order valence-electron chi connectivity index (χ1n) is 6.75. The highest BCUT2D eigenvalue weighted by Gasteiger charge is 2.23. The molecule has 0 bridgehead atoms. The molecule has 1 heterocycles. The number of amides is 1. The zero-order valence-corrected chi connectivity index (χ0v) is 12.1. The maximum atomic E-state index is 11.6. The molecule has 0 saturated carbocycles. The van der Waals surface area contributed by atoms with E-state index in [-0.39, 0.29) is 6.09 Å². The Labute approximate surface area is 128 Å². The maximum absolute atomic E-state index is 11.6. The lowest BCUT2D eigenvalue weighted by Gasteiger charge is -2.14. The fourth-order valence-electron chi connectivity index (χ4n) is 2.26. The smallest absolute Gasteiger partial charge is 0.414 e. The van der Waals surface area contributed by atoms with Gasteiger partial charge in [0.15, 0.2) is 0 Å². The van der Waals surface area contributed by atoms with Crippen LogP contribution in [0.3, 0.4) is 0 Å². The van der Waals surface area contributed by atoms with Crippen LogP contribution in [0, 0.1) is 0 Å². The second-order valence-electron chi connectivity index (χ2n) is 4.80. The van der Waals surface area contributed by atoms with E-state index in [2.05, 4.69) is 5.32 Å². The van der Waals surface area contributed by atoms with Crippen molar-refractivity contribution in [3.05, 3.63) is 59.1 Å². The van der Waals surface area contributed by atoms with Crippen LogP contribution in [0.1, 0.15) is 5.56 Å². The first-order chi connectivity index (χ1) is 10.2. The van der Waals surface area contributed by atoms with Gasteiger partial charge in [-0.05, 0) is 35.9 Å². The number of hydrogen-bond donors (Lipinski definition) is 1. The van der Waals surface area contributed by atoms with Crippen LogP contribution in [0.25, 0.3) is 0 Å². The molecule has 1 fully saturated rings. The van der Waals surface area contributed by atoms with Crippen LogP contribution in [-0.4, -0.2) is 19.2 Å². The minimum absolute atomic E-state index is 0.290. The molecule has 4 nitrogen and oxygen atoms in total. The van der Waals surface area contributed by atoms with Crippen LogP contribution in [0.5, 0.6) is 0 Å².